The van der Waals surface area contributed by atoms with Gasteiger partial charge < -0.3 is 9.50 Å². The molecule has 14 heteroatoms. The van der Waals surface area contributed by atoms with Crippen LogP contribution in [-0.4, -0.2) is 31.0 Å². The predicted molar refractivity (Wildman–Crippen MR) is 95.3 cm³/mol. The minimum atomic E-state index is -6.02. The zero-order chi connectivity index (χ0) is 22.3. The van der Waals surface area contributed by atoms with Crippen LogP contribution in [0.4, 0.5) is 32.0 Å². The number of fused-ring (bicyclic) bond motifs is 1. The van der Waals surface area contributed by atoms with Gasteiger partial charge in [-0.05, 0) is 30.3 Å². The zero-order valence-electron chi connectivity index (χ0n) is 14.2. The fourth-order valence-electron chi connectivity index (χ4n) is 2.22. The Balaban J connectivity index is 2.10. The number of rotatable bonds is 4. The van der Waals surface area contributed by atoms with Gasteiger partial charge in [-0.3, -0.25) is 4.79 Å². The molecule has 0 bridgehead atoms. The quantitative estimate of drug-likeness (QED) is 0.340. The molecule has 0 aliphatic carbocycles. The molecular formula is C16H8F6N2O4S2. The second kappa shape index (κ2) is 7.43. The summed E-state index contributed by atoms with van der Waals surface area (Å²) < 4.78 is 103. The molecule has 0 spiro atoms. The number of aromatic nitrogens is 1. The lowest BCUT2D eigenvalue weighted by Crippen LogP contribution is -2.30. The van der Waals surface area contributed by atoms with Crippen molar-refractivity contribution in [2.75, 3.05) is 5.32 Å². The maximum Gasteiger partial charge on any atom is 0.534 e. The Morgan fingerprint density at radius 2 is 1.70 bits per heavy atom. The van der Waals surface area contributed by atoms with Gasteiger partial charge in [0.15, 0.2) is 0 Å². The van der Waals surface area contributed by atoms with E-state index in [4.69, 9.17) is 0 Å². The van der Waals surface area contributed by atoms with E-state index in [0.29, 0.717) is 16.3 Å². The first-order chi connectivity index (χ1) is 13.8. The van der Waals surface area contributed by atoms with E-state index >= 15 is 0 Å². The van der Waals surface area contributed by atoms with Crippen LogP contribution in [0.1, 0.15) is 0 Å². The lowest BCUT2D eigenvalue weighted by atomic mass is 10.1. The zero-order valence-corrected chi connectivity index (χ0v) is 15.8. The first kappa shape index (κ1) is 21.8. The van der Waals surface area contributed by atoms with Crippen molar-refractivity contribution in [2.24, 2.45) is 0 Å². The van der Waals surface area contributed by atoms with Gasteiger partial charge in [0.1, 0.15) is 10.8 Å². The summed E-state index contributed by atoms with van der Waals surface area (Å²) in [6, 6.07) is 8.71. The van der Waals surface area contributed by atoms with Crippen molar-refractivity contribution in [3.8, 4) is 16.3 Å². The monoisotopic (exact) mass is 470 g/mol. The van der Waals surface area contributed by atoms with Gasteiger partial charge >= 0.3 is 27.7 Å². The summed E-state index contributed by atoms with van der Waals surface area (Å²) in [6.07, 6.45) is -5.24. The second-order valence-corrected chi connectivity index (χ2v) is 8.20. The van der Waals surface area contributed by atoms with Crippen LogP contribution in [0.25, 0.3) is 20.8 Å². The molecule has 3 rings (SSSR count). The van der Waals surface area contributed by atoms with Crippen LogP contribution < -0.4 is 9.50 Å². The molecule has 1 heterocycles. The summed E-state index contributed by atoms with van der Waals surface area (Å²) >= 11 is 0.960. The van der Waals surface area contributed by atoms with Crippen molar-refractivity contribution in [2.45, 2.75) is 11.7 Å². The van der Waals surface area contributed by atoms with Crippen molar-refractivity contribution < 1.29 is 43.7 Å². The fraction of sp³-hybridized carbons (Fsp3) is 0.125. The van der Waals surface area contributed by atoms with E-state index < -0.39 is 39.1 Å². The van der Waals surface area contributed by atoms with Crippen molar-refractivity contribution in [3.05, 3.63) is 42.5 Å². The third-order valence-electron chi connectivity index (χ3n) is 3.51. The van der Waals surface area contributed by atoms with Crippen LogP contribution in [0.3, 0.4) is 0 Å². The highest BCUT2D eigenvalue weighted by Gasteiger charge is 2.48. The molecule has 0 aliphatic rings. The number of nitrogens with zero attached hydrogens (tertiary/aromatic N) is 1. The van der Waals surface area contributed by atoms with Crippen LogP contribution in [0.5, 0.6) is 5.75 Å². The molecular weight excluding hydrogens is 462 g/mol. The first-order valence-electron chi connectivity index (χ1n) is 7.67. The molecule has 3 aromatic rings. The number of thiazole rings is 1. The van der Waals surface area contributed by atoms with Crippen LogP contribution in [0.15, 0.2) is 42.5 Å². The van der Waals surface area contributed by atoms with Gasteiger partial charge in [-0.25, -0.2) is 4.98 Å². The Morgan fingerprint density at radius 3 is 2.30 bits per heavy atom. The summed E-state index contributed by atoms with van der Waals surface area (Å²) in [4.78, 5) is 15.5. The minimum Gasteiger partial charge on any atom is -0.376 e. The van der Waals surface area contributed by atoms with E-state index in [1.807, 2.05) is 0 Å². The Kier molecular flexibility index (Phi) is 5.41. The highest BCUT2D eigenvalue weighted by molar-refractivity contribution is 7.88. The third kappa shape index (κ3) is 4.48. The molecule has 0 atom stereocenters. The van der Waals surface area contributed by atoms with Gasteiger partial charge in [0.25, 0.3) is 0 Å². The van der Waals surface area contributed by atoms with Crippen molar-refractivity contribution in [1.29, 1.82) is 0 Å². The SMILES string of the molecule is O=C(Nc1ccc(OS(=O)(=O)C(F)(F)F)cc1-c1nc2ccccc2s1)C(F)(F)F. The number of hydrogen-bond acceptors (Lipinski definition) is 6. The second-order valence-electron chi connectivity index (χ2n) is 5.63. The average Bonchev–Trinajstić information content (AvgIpc) is 3.04. The molecule has 1 amide bonds. The van der Waals surface area contributed by atoms with Gasteiger partial charge in [0.2, 0.25) is 0 Å². The number of nitrogens with one attached hydrogen (secondary N) is 1. The van der Waals surface area contributed by atoms with Crippen LogP contribution in [0.2, 0.25) is 0 Å². The van der Waals surface area contributed by atoms with E-state index in [-0.39, 0.29) is 10.6 Å². The van der Waals surface area contributed by atoms with E-state index in [0.717, 1.165) is 23.5 Å². The largest absolute Gasteiger partial charge is 0.534 e. The lowest BCUT2D eigenvalue weighted by molar-refractivity contribution is -0.167. The van der Waals surface area contributed by atoms with E-state index in [1.54, 1.807) is 29.6 Å². The van der Waals surface area contributed by atoms with Crippen molar-refractivity contribution in [3.63, 3.8) is 0 Å². The normalized spacial score (nSPS) is 12.7. The van der Waals surface area contributed by atoms with Crippen molar-refractivity contribution in [1.82, 2.24) is 4.98 Å². The highest BCUT2D eigenvalue weighted by atomic mass is 32.2. The number of carbonyl (C=O) groups excluding carboxylic acids is 1. The Hall–Kier alpha value is -2.87. The lowest BCUT2D eigenvalue weighted by Gasteiger charge is -2.14. The molecule has 30 heavy (non-hydrogen) atoms. The molecule has 160 valence electrons. The molecule has 0 saturated heterocycles. The summed E-state index contributed by atoms with van der Waals surface area (Å²) in [7, 11) is -6.02. The van der Waals surface area contributed by atoms with Crippen LogP contribution in [-0.2, 0) is 14.9 Å². The standard InChI is InChI=1S/C16H8F6N2O4S2/c17-15(18,19)14(25)24-10-6-5-8(28-30(26,27)16(20,21)22)7-9(10)13-23-11-3-1-2-4-12(11)29-13/h1-7H,(H,24,25). The molecule has 0 unspecified atom stereocenters. The Bertz CT molecular complexity index is 1190. The van der Waals surface area contributed by atoms with Gasteiger partial charge in [-0.15, -0.1) is 11.3 Å². The molecule has 0 radical (unpaired) electrons. The molecule has 0 aliphatic heterocycles. The smallest absolute Gasteiger partial charge is 0.376 e. The topological polar surface area (TPSA) is 85.4 Å². The number of anilines is 1. The first-order valence-corrected chi connectivity index (χ1v) is 9.89. The molecule has 6 nitrogen and oxygen atoms in total. The minimum absolute atomic E-state index is 0.0172. The predicted octanol–water partition coefficient (Wildman–Crippen LogP) is 4.69. The maximum absolute atomic E-state index is 12.6. The summed E-state index contributed by atoms with van der Waals surface area (Å²) in [5.74, 6) is -3.16. The summed E-state index contributed by atoms with van der Waals surface area (Å²) in [5.41, 5.74) is -6.00. The molecule has 0 saturated carbocycles. The van der Waals surface area contributed by atoms with Crippen LogP contribution >= 0.6 is 11.3 Å². The number of hydrogen-bond donors (Lipinski definition) is 1. The van der Waals surface area contributed by atoms with Gasteiger partial charge in [-0.1, -0.05) is 12.1 Å². The average molecular weight is 470 g/mol. The van der Waals surface area contributed by atoms with Crippen LogP contribution in [0, 0.1) is 0 Å². The van der Waals surface area contributed by atoms with Gasteiger partial charge in [0, 0.05) is 5.56 Å². The molecule has 0 fully saturated rings. The Labute approximate surface area is 168 Å². The number of amides is 1. The van der Waals surface area contributed by atoms with Gasteiger partial charge in [-0.2, -0.15) is 34.8 Å². The van der Waals surface area contributed by atoms with E-state index in [2.05, 4.69) is 9.17 Å². The number of carbonyl (C=O) groups is 1. The summed E-state index contributed by atoms with van der Waals surface area (Å²) in [5, 5.41) is 1.61. The third-order valence-corrected chi connectivity index (χ3v) is 5.56. The molecule has 2 aromatic carbocycles. The number of benzene rings is 2. The number of halogens is 6. The van der Waals surface area contributed by atoms with Gasteiger partial charge in [0.05, 0.1) is 15.9 Å². The van der Waals surface area contributed by atoms with E-state index in [1.165, 1.54) is 0 Å². The number of alkyl halides is 6. The number of para-hydroxylation sites is 1. The highest BCUT2D eigenvalue weighted by Crippen LogP contribution is 2.38. The van der Waals surface area contributed by atoms with E-state index in [9.17, 15) is 39.6 Å². The van der Waals surface area contributed by atoms with Crippen molar-refractivity contribution >= 4 is 43.3 Å². The summed E-state index contributed by atoms with van der Waals surface area (Å²) in [6.45, 7) is 0. The maximum atomic E-state index is 12.6. The fourth-order valence-corrected chi connectivity index (χ4v) is 3.66. The molecule has 1 N–H and O–H groups in total. The molecule has 1 aromatic heterocycles. The Morgan fingerprint density at radius 1 is 1.03 bits per heavy atom.